The SMILES string of the molecule is CCC(C)(C)OCC(O)CNC(C)=O. The number of hydrogen-bond donors (Lipinski definition) is 2. The summed E-state index contributed by atoms with van der Waals surface area (Å²) in [5.41, 5.74) is -0.211. The van der Waals surface area contributed by atoms with E-state index in [2.05, 4.69) is 5.32 Å². The standard InChI is InChI=1S/C10H21NO3/c1-5-10(3,4)14-7-9(13)6-11-8(2)12/h9,13H,5-7H2,1-4H3,(H,11,12). The van der Waals surface area contributed by atoms with Crippen molar-refractivity contribution in [1.29, 1.82) is 0 Å². The fourth-order valence-corrected chi connectivity index (χ4v) is 0.744. The van der Waals surface area contributed by atoms with Crippen molar-refractivity contribution in [1.82, 2.24) is 5.32 Å². The van der Waals surface area contributed by atoms with Crippen LogP contribution in [0.25, 0.3) is 0 Å². The molecule has 0 rings (SSSR count). The topological polar surface area (TPSA) is 58.6 Å². The monoisotopic (exact) mass is 203 g/mol. The van der Waals surface area contributed by atoms with Gasteiger partial charge in [0.05, 0.1) is 18.3 Å². The number of aliphatic hydroxyl groups is 1. The van der Waals surface area contributed by atoms with Crippen LogP contribution >= 0.6 is 0 Å². The van der Waals surface area contributed by atoms with Gasteiger partial charge in [0, 0.05) is 13.5 Å². The molecule has 2 N–H and O–H groups in total. The number of carbonyl (C=O) groups is 1. The average molecular weight is 203 g/mol. The van der Waals surface area contributed by atoms with Gasteiger partial charge in [-0.3, -0.25) is 4.79 Å². The van der Waals surface area contributed by atoms with Crippen LogP contribution in [0.2, 0.25) is 0 Å². The number of carbonyl (C=O) groups excluding carboxylic acids is 1. The van der Waals surface area contributed by atoms with Gasteiger partial charge in [0.25, 0.3) is 0 Å². The van der Waals surface area contributed by atoms with Crippen LogP contribution in [0.15, 0.2) is 0 Å². The molecule has 0 radical (unpaired) electrons. The molecule has 0 bridgehead atoms. The fraction of sp³-hybridized carbons (Fsp3) is 0.900. The maximum Gasteiger partial charge on any atom is 0.216 e. The van der Waals surface area contributed by atoms with Gasteiger partial charge in [0.15, 0.2) is 0 Å². The summed E-state index contributed by atoms with van der Waals surface area (Å²) in [5, 5.41) is 11.9. The minimum atomic E-state index is -0.635. The molecular formula is C10H21NO3. The van der Waals surface area contributed by atoms with E-state index in [0.717, 1.165) is 6.42 Å². The van der Waals surface area contributed by atoms with E-state index in [0.29, 0.717) is 0 Å². The molecule has 1 amide bonds. The Balaban J connectivity index is 3.63. The Kier molecular flexibility index (Phi) is 5.72. The van der Waals surface area contributed by atoms with Gasteiger partial charge >= 0.3 is 0 Å². The highest BCUT2D eigenvalue weighted by molar-refractivity contribution is 5.72. The molecule has 0 aromatic carbocycles. The van der Waals surface area contributed by atoms with Crippen molar-refractivity contribution < 1.29 is 14.6 Å². The Bertz CT molecular complexity index is 180. The minimum Gasteiger partial charge on any atom is -0.389 e. The predicted octanol–water partition coefficient (Wildman–Crippen LogP) is 0.689. The zero-order valence-electron chi connectivity index (χ0n) is 9.46. The molecule has 1 atom stereocenters. The Hall–Kier alpha value is -0.610. The molecule has 14 heavy (non-hydrogen) atoms. The van der Waals surface area contributed by atoms with Gasteiger partial charge in [0.2, 0.25) is 5.91 Å². The quantitative estimate of drug-likeness (QED) is 0.667. The van der Waals surface area contributed by atoms with Crippen molar-refractivity contribution in [2.45, 2.75) is 45.8 Å². The highest BCUT2D eigenvalue weighted by atomic mass is 16.5. The number of amides is 1. The molecular weight excluding hydrogens is 182 g/mol. The lowest BCUT2D eigenvalue weighted by atomic mass is 10.1. The van der Waals surface area contributed by atoms with Crippen LogP contribution in [0.3, 0.4) is 0 Å². The van der Waals surface area contributed by atoms with Gasteiger partial charge in [-0.05, 0) is 20.3 Å². The van der Waals surface area contributed by atoms with Crippen LogP contribution in [0.4, 0.5) is 0 Å². The van der Waals surface area contributed by atoms with Gasteiger partial charge in [-0.2, -0.15) is 0 Å². The number of aliphatic hydroxyl groups excluding tert-OH is 1. The lowest BCUT2D eigenvalue weighted by molar-refractivity contribution is -0.120. The summed E-state index contributed by atoms with van der Waals surface area (Å²) in [5.74, 6) is -0.140. The van der Waals surface area contributed by atoms with Crippen LogP contribution in [0.1, 0.15) is 34.1 Å². The summed E-state index contributed by atoms with van der Waals surface area (Å²) in [6, 6.07) is 0. The zero-order valence-corrected chi connectivity index (χ0v) is 9.46. The van der Waals surface area contributed by atoms with E-state index in [4.69, 9.17) is 4.74 Å². The van der Waals surface area contributed by atoms with Crippen molar-refractivity contribution in [3.8, 4) is 0 Å². The lowest BCUT2D eigenvalue weighted by Crippen LogP contribution is -2.36. The Morgan fingerprint density at radius 3 is 2.57 bits per heavy atom. The molecule has 0 saturated heterocycles. The Labute approximate surface area is 85.6 Å². The van der Waals surface area contributed by atoms with E-state index in [9.17, 15) is 9.90 Å². The Morgan fingerprint density at radius 2 is 2.14 bits per heavy atom. The summed E-state index contributed by atoms with van der Waals surface area (Å²) < 4.78 is 5.47. The number of hydrogen-bond acceptors (Lipinski definition) is 3. The highest BCUT2D eigenvalue weighted by Gasteiger charge is 2.17. The smallest absolute Gasteiger partial charge is 0.216 e. The highest BCUT2D eigenvalue weighted by Crippen LogP contribution is 2.13. The molecule has 4 nitrogen and oxygen atoms in total. The van der Waals surface area contributed by atoms with E-state index in [1.807, 2.05) is 20.8 Å². The van der Waals surface area contributed by atoms with Crippen LogP contribution in [-0.2, 0) is 9.53 Å². The van der Waals surface area contributed by atoms with Crippen LogP contribution in [0.5, 0.6) is 0 Å². The van der Waals surface area contributed by atoms with E-state index < -0.39 is 6.10 Å². The molecule has 0 aliphatic rings. The minimum absolute atomic E-state index is 0.140. The maximum absolute atomic E-state index is 10.5. The fourth-order valence-electron chi connectivity index (χ4n) is 0.744. The third kappa shape index (κ3) is 6.86. The third-order valence-electron chi connectivity index (χ3n) is 2.10. The maximum atomic E-state index is 10.5. The van der Waals surface area contributed by atoms with Crippen molar-refractivity contribution >= 4 is 5.91 Å². The molecule has 0 spiro atoms. The summed E-state index contributed by atoms with van der Waals surface area (Å²) in [6.45, 7) is 7.89. The molecule has 0 fully saturated rings. The van der Waals surface area contributed by atoms with Crippen molar-refractivity contribution in [2.75, 3.05) is 13.2 Å². The molecule has 0 saturated carbocycles. The first-order chi connectivity index (χ1) is 6.37. The molecule has 0 aromatic rings. The number of rotatable bonds is 6. The van der Waals surface area contributed by atoms with E-state index in [1.54, 1.807) is 0 Å². The third-order valence-corrected chi connectivity index (χ3v) is 2.10. The number of ether oxygens (including phenoxy) is 1. The Morgan fingerprint density at radius 1 is 1.57 bits per heavy atom. The second-order valence-electron chi connectivity index (χ2n) is 4.02. The summed E-state index contributed by atoms with van der Waals surface area (Å²) in [4.78, 5) is 10.5. The van der Waals surface area contributed by atoms with Crippen LogP contribution in [0, 0.1) is 0 Å². The molecule has 0 aliphatic carbocycles. The van der Waals surface area contributed by atoms with Crippen molar-refractivity contribution in [2.24, 2.45) is 0 Å². The molecule has 84 valence electrons. The van der Waals surface area contributed by atoms with Gasteiger partial charge in [-0.15, -0.1) is 0 Å². The average Bonchev–Trinajstić information content (AvgIpc) is 2.11. The second-order valence-corrected chi connectivity index (χ2v) is 4.02. The van der Waals surface area contributed by atoms with E-state index in [-0.39, 0.29) is 24.7 Å². The first-order valence-corrected chi connectivity index (χ1v) is 4.94. The van der Waals surface area contributed by atoms with Gasteiger partial charge < -0.3 is 15.2 Å². The van der Waals surface area contributed by atoms with Gasteiger partial charge in [0.1, 0.15) is 0 Å². The van der Waals surface area contributed by atoms with Crippen molar-refractivity contribution in [3.05, 3.63) is 0 Å². The number of nitrogens with one attached hydrogen (secondary N) is 1. The molecule has 0 heterocycles. The summed E-state index contributed by atoms with van der Waals surface area (Å²) in [7, 11) is 0. The van der Waals surface area contributed by atoms with E-state index >= 15 is 0 Å². The summed E-state index contributed by atoms with van der Waals surface area (Å²) in [6.07, 6.45) is 0.254. The summed E-state index contributed by atoms with van der Waals surface area (Å²) >= 11 is 0. The van der Waals surface area contributed by atoms with Crippen LogP contribution in [-0.4, -0.2) is 35.9 Å². The van der Waals surface area contributed by atoms with Gasteiger partial charge in [-0.1, -0.05) is 6.92 Å². The largest absolute Gasteiger partial charge is 0.389 e. The normalized spacial score (nSPS) is 13.8. The van der Waals surface area contributed by atoms with Gasteiger partial charge in [-0.25, -0.2) is 0 Å². The zero-order chi connectivity index (χ0) is 11.2. The second kappa shape index (κ2) is 5.98. The molecule has 0 aromatic heterocycles. The first kappa shape index (κ1) is 13.4. The first-order valence-electron chi connectivity index (χ1n) is 4.94. The van der Waals surface area contributed by atoms with Crippen LogP contribution < -0.4 is 5.32 Å². The van der Waals surface area contributed by atoms with E-state index in [1.165, 1.54) is 6.92 Å². The molecule has 1 unspecified atom stereocenters. The molecule has 4 heteroatoms. The molecule has 0 aliphatic heterocycles. The van der Waals surface area contributed by atoms with Crippen molar-refractivity contribution in [3.63, 3.8) is 0 Å². The lowest BCUT2D eigenvalue weighted by Gasteiger charge is -2.25. The predicted molar refractivity (Wildman–Crippen MR) is 55.0 cm³/mol.